The van der Waals surface area contributed by atoms with Crippen molar-refractivity contribution < 1.29 is 14.2 Å². The molecule has 1 rings (SSSR count). The van der Waals surface area contributed by atoms with E-state index in [1.165, 1.54) is 0 Å². The summed E-state index contributed by atoms with van der Waals surface area (Å²) in [6.45, 7) is 5.26. The van der Waals surface area contributed by atoms with Crippen LogP contribution >= 0.6 is 0 Å². The fourth-order valence-corrected chi connectivity index (χ4v) is 1.73. The van der Waals surface area contributed by atoms with Gasteiger partial charge in [-0.05, 0) is 6.42 Å². The molecule has 0 aromatic carbocycles. The van der Waals surface area contributed by atoms with Gasteiger partial charge in [-0.25, -0.2) is 0 Å². The van der Waals surface area contributed by atoms with Crippen LogP contribution in [-0.2, 0) is 14.2 Å². The van der Waals surface area contributed by atoms with Crippen LogP contribution in [0.15, 0.2) is 0 Å². The standard InChI is InChI=1S/C11H23N3O3/c1-15-7-8-16-5-2-3-14-4-6-17-10(9-14)11(12)13/h10H,2-9H2,1H3,(H3,12,13). The number of rotatable bonds is 8. The summed E-state index contributed by atoms with van der Waals surface area (Å²) in [4.78, 5) is 2.26. The van der Waals surface area contributed by atoms with Crippen LogP contribution in [0.4, 0.5) is 0 Å². The quantitative estimate of drug-likeness (QED) is 0.348. The van der Waals surface area contributed by atoms with E-state index in [9.17, 15) is 0 Å². The normalized spacial score (nSPS) is 21.6. The summed E-state index contributed by atoms with van der Waals surface area (Å²) in [7, 11) is 1.67. The zero-order valence-electron chi connectivity index (χ0n) is 10.5. The third-order valence-corrected chi connectivity index (χ3v) is 2.69. The van der Waals surface area contributed by atoms with Gasteiger partial charge in [0.15, 0.2) is 0 Å². The van der Waals surface area contributed by atoms with E-state index in [4.69, 9.17) is 25.4 Å². The molecule has 0 aromatic rings. The van der Waals surface area contributed by atoms with E-state index in [1.54, 1.807) is 7.11 Å². The Bertz CT molecular complexity index is 226. The summed E-state index contributed by atoms with van der Waals surface area (Å²) < 4.78 is 15.7. The third-order valence-electron chi connectivity index (χ3n) is 2.69. The second-order valence-corrected chi connectivity index (χ2v) is 4.07. The van der Waals surface area contributed by atoms with Crippen LogP contribution in [0.5, 0.6) is 0 Å². The molecule has 1 aliphatic heterocycles. The van der Waals surface area contributed by atoms with Gasteiger partial charge in [0.05, 0.1) is 19.8 Å². The van der Waals surface area contributed by atoms with Gasteiger partial charge in [-0.2, -0.15) is 0 Å². The van der Waals surface area contributed by atoms with Crippen molar-refractivity contribution in [3.8, 4) is 0 Å². The molecule has 100 valence electrons. The molecular weight excluding hydrogens is 222 g/mol. The first-order chi connectivity index (χ1) is 8.24. The number of methoxy groups -OCH3 is 1. The average molecular weight is 245 g/mol. The molecule has 1 fully saturated rings. The zero-order chi connectivity index (χ0) is 12.5. The number of amidine groups is 1. The maximum absolute atomic E-state index is 7.36. The Morgan fingerprint density at radius 2 is 2.29 bits per heavy atom. The molecule has 0 radical (unpaired) electrons. The molecule has 0 amide bonds. The van der Waals surface area contributed by atoms with Crippen molar-refractivity contribution in [2.45, 2.75) is 12.5 Å². The van der Waals surface area contributed by atoms with E-state index >= 15 is 0 Å². The summed E-state index contributed by atoms with van der Waals surface area (Å²) in [5.74, 6) is 0.117. The number of nitrogens with one attached hydrogen (secondary N) is 1. The van der Waals surface area contributed by atoms with Crippen LogP contribution < -0.4 is 5.73 Å². The largest absolute Gasteiger partial charge is 0.385 e. The smallest absolute Gasteiger partial charge is 0.127 e. The van der Waals surface area contributed by atoms with Crippen molar-refractivity contribution in [2.75, 3.05) is 53.2 Å². The summed E-state index contributed by atoms with van der Waals surface area (Å²) >= 11 is 0. The lowest BCUT2D eigenvalue weighted by atomic mass is 10.2. The lowest BCUT2D eigenvalue weighted by molar-refractivity contribution is 0.000602. The lowest BCUT2D eigenvalue weighted by Crippen LogP contribution is -2.48. The summed E-state index contributed by atoms with van der Waals surface area (Å²) in [6, 6.07) is 0. The summed E-state index contributed by atoms with van der Waals surface area (Å²) in [5, 5.41) is 7.36. The average Bonchev–Trinajstić information content (AvgIpc) is 2.34. The van der Waals surface area contributed by atoms with Crippen LogP contribution in [-0.4, -0.2) is 70.0 Å². The van der Waals surface area contributed by atoms with Gasteiger partial charge >= 0.3 is 0 Å². The first-order valence-electron chi connectivity index (χ1n) is 5.98. The van der Waals surface area contributed by atoms with Crippen molar-refractivity contribution in [3.05, 3.63) is 0 Å². The predicted molar refractivity (Wildman–Crippen MR) is 65.4 cm³/mol. The molecule has 0 aliphatic carbocycles. The SMILES string of the molecule is COCCOCCCN1CCOC(C(=N)N)C1. The van der Waals surface area contributed by atoms with E-state index in [0.717, 1.165) is 26.1 Å². The molecule has 1 unspecified atom stereocenters. The first kappa shape index (κ1) is 14.4. The lowest BCUT2D eigenvalue weighted by Gasteiger charge is -2.32. The number of morpholine rings is 1. The number of nitrogens with two attached hydrogens (primary N) is 1. The van der Waals surface area contributed by atoms with Crippen LogP contribution in [0.25, 0.3) is 0 Å². The maximum Gasteiger partial charge on any atom is 0.127 e. The summed E-state index contributed by atoms with van der Waals surface area (Å²) in [6.07, 6.45) is 0.743. The van der Waals surface area contributed by atoms with Gasteiger partial charge in [0, 0.05) is 33.4 Å². The highest BCUT2D eigenvalue weighted by atomic mass is 16.5. The molecule has 0 bridgehead atoms. The molecule has 0 aromatic heterocycles. The second kappa shape index (κ2) is 8.41. The Balaban J connectivity index is 2.04. The maximum atomic E-state index is 7.36. The van der Waals surface area contributed by atoms with E-state index in [1.807, 2.05) is 0 Å². The Labute approximate surface area is 103 Å². The molecular formula is C11H23N3O3. The molecule has 17 heavy (non-hydrogen) atoms. The minimum absolute atomic E-state index is 0.117. The van der Waals surface area contributed by atoms with E-state index in [0.29, 0.717) is 26.4 Å². The van der Waals surface area contributed by atoms with Gasteiger partial charge in [-0.3, -0.25) is 10.3 Å². The van der Waals surface area contributed by atoms with E-state index < -0.39 is 0 Å². The van der Waals surface area contributed by atoms with Gasteiger partial charge in [0.25, 0.3) is 0 Å². The van der Waals surface area contributed by atoms with E-state index in [2.05, 4.69) is 4.90 Å². The first-order valence-corrected chi connectivity index (χ1v) is 5.98. The van der Waals surface area contributed by atoms with Gasteiger partial charge in [0.1, 0.15) is 11.9 Å². The Kier molecular flexibility index (Phi) is 7.11. The molecule has 0 saturated carbocycles. The Morgan fingerprint density at radius 3 is 3.00 bits per heavy atom. The highest BCUT2D eigenvalue weighted by molar-refractivity contribution is 5.82. The molecule has 1 saturated heterocycles. The molecule has 1 aliphatic rings. The van der Waals surface area contributed by atoms with Crippen molar-refractivity contribution in [3.63, 3.8) is 0 Å². The topological polar surface area (TPSA) is 80.8 Å². The minimum Gasteiger partial charge on any atom is -0.385 e. The molecule has 6 heteroatoms. The minimum atomic E-state index is -0.238. The fraction of sp³-hybridized carbons (Fsp3) is 0.909. The number of ether oxygens (including phenoxy) is 3. The molecule has 6 nitrogen and oxygen atoms in total. The van der Waals surface area contributed by atoms with Crippen LogP contribution in [0.1, 0.15) is 6.42 Å². The third kappa shape index (κ3) is 5.97. The number of hydrogen-bond acceptors (Lipinski definition) is 5. The second-order valence-electron chi connectivity index (χ2n) is 4.07. The van der Waals surface area contributed by atoms with Crippen molar-refractivity contribution in [2.24, 2.45) is 5.73 Å². The monoisotopic (exact) mass is 245 g/mol. The van der Waals surface area contributed by atoms with Crippen molar-refractivity contribution >= 4 is 5.84 Å². The van der Waals surface area contributed by atoms with E-state index in [-0.39, 0.29) is 11.9 Å². The molecule has 0 spiro atoms. The summed E-state index contributed by atoms with van der Waals surface area (Å²) in [5.41, 5.74) is 5.43. The molecule has 1 atom stereocenters. The highest BCUT2D eigenvalue weighted by Crippen LogP contribution is 2.05. The van der Waals surface area contributed by atoms with Gasteiger partial charge in [0.2, 0.25) is 0 Å². The highest BCUT2D eigenvalue weighted by Gasteiger charge is 2.21. The Morgan fingerprint density at radius 1 is 1.47 bits per heavy atom. The van der Waals surface area contributed by atoms with Crippen LogP contribution in [0.2, 0.25) is 0 Å². The van der Waals surface area contributed by atoms with Crippen LogP contribution in [0, 0.1) is 5.41 Å². The number of nitrogens with zero attached hydrogens (tertiary/aromatic N) is 1. The van der Waals surface area contributed by atoms with Gasteiger partial charge < -0.3 is 19.9 Å². The van der Waals surface area contributed by atoms with Crippen LogP contribution in [0.3, 0.4) is 0 Å². The predicted octanol–water partition coefficient (Wildman–Crippen LogP) is -0.324. The number of hydrogen-bond donors (Lipinski definition) is 2. The fourth-order valence-electron chi connectivity index (χ4n) is 1.73. The zero-order valence-corrected chi connectivity index (χ0v) is 10.5. The van der Waals surface area contributed by atoms with Crippen molar-refractivity contribution in [1.29, 1.82) is 5.41 Å². The van der Waals surface area contributed by atoms with Crippen molar-refractivity contribution in [1.82, 2.24) is 4.90 Å². The molecule has 1 heterocycles. The Hall–Kier alpha value is -0.690. The van der Waals surface area contributed by atoms with Gasteiger partial charge in [-0.15, -0.1) is 0 Å². The van der Waals surface area contributed by atoms with Gasteiger partial charge in [-0.1, -0.05) is 0 Å². The molecule has 3 N–H and O–H groups in total.